The molecule has 3 rings (SSSR count). The molecule has 0 aliphatic heterocycles. The van der Waals surface area contributed by atoms with Gasteiger partial charge >= 0.3 is 0 Å². The highest BCUT2D eigenvalue weighted by Crippen LogP contribution is 2.35. The predicted octanol–water partition coefficient (Wildman–Crippen LogP) is 2.30. The second kappa shape index (κ2) is 6.25. The number of aliphatic imine (C=N–C) groups is 1. The minimum Gasteiger partial charge on any atom is -0.382 e. The van der Waals surface area contributed by atoms with Crippen LogP contribution in [0.3, 0.4) is 0 Å². The van der Waals surface area contributed by atoms with Crippen LogP contribution in [0.2, 0.25) is 0 Å². The number of nitrogens with zero attached hydrogens (tertiary/aromatic N) is 3. The van der Waals surface area contributed by atoms with Crippen LogP contribution in [0.4, 0.5) is 15.9 Å². The Kier molecular flexibility index (Phi) is 4.31. The van der Waals surface area contributed by atoms with Gasteiger partial charge in [-0.15, -0.1) is 0 Å². The van der Waals surface area contributed by atoms with Gasteiger partial charge in [-0.2, -0.15) is 0 Å². The first-order valence-corrected chi connectivity index (χ1v) is 7.91. The van der Waals surface area contributed by atoms with E-state index >= 15 is 0 Å². The summed E-state index contributed by atoms with van der Waals surface area (Å²) in [5, 5.41) is 10.6. The van der Waals surface area contributed by atoms with Gasteiger partial charge in [-0.1, -0.05) is 0 Å². The average molecular weight is 383 g/mol. The molecule has 9 heteroatoms. The summed E-state index contributed by atoms with van der Waals surface area (Å²) in [5.41, 5.74) is 12.7. The maximum Gasteiger partial charge on any atom is 0.202 e. The summed E-state index contributed by atoms with van der Waals surface area (Å²) in [5.74, 6) is 0.168. The minimum atomic E-state index is -0.372. The maximum atomic E-state index is 13.2. The van der Waals surface area contributed by atoms with Crippen molar-refractivity contribution >= 4 is 33.3 Å². The van der Waals surface area contributed by atoms with Gasteiger partial charge in [0.25, 0.3) is 0 Å². The van der Waals surface area contributed by atoms with Crippen LogP contribution >= 0.6 is 15.9 Å². The lowest BCUT2D eigenvalue weighted by molar-refractivity contribution is 0.307. The third kappa shape index (κ3) is 3.85. The number of rotatable bonds is 6. The average Bonchev–Trinajstić information content (AvgIpc) is 3.06. The Hall–Kier alpha value is -2.00. The molecule has 1 saturated carbocycles. The second-order valence-corrected chi connectivity index (χ2v) is 6.45. The molecular formula is C14H16BrFN6O. The lowest BCUT2D eigenvalue weighted by Crippen LogP contribution is -2.25. The monoisotopic (exact) mass is 382 g/mol. The summed E-state index contributed by atoms with van der Waals surface area (Å²) in [6, 6.07) is 4.33. The molecule has 0 saturated heterocycles. The highest BCUT2D eigenvalue weighted by atomic mass is 79.9. The van der Waals surface area contributed by atoms with E-state index in [0.717, 1.165) is 19.3 Å². The van der Waals surface area contributed by atoms with Crippen LogP contribution in [0, 0.1) is 5.82 Å². The molecule has 1 aromatic carbocycles. The van der Waals surface area contributed by atoms with Crippen molar-refractivity contribution in [2.24, 2.45) is 16.5 Å². The van der Waals surface area contributed by atoms with Crippen LogP contribution < -0.4 is 16.8 Å². The highest BCUT2D eigenvalue weighted by molar-refractivity contribution is 9.10. The molecular weight excluding hydrogens is 367 g/mol. The van der Waals surface area contributed by atoms with E-state index in [2.05, 4.69) is 36.6 Å². The third-order valence-corrected chi connectivity index (χ3v) is 4.30. The third-order valence-electron chi connectivity index (χ3n) is 3.69. The topological polar surface area (TPSA) is 115 Å². The summed E-state index contributed by atoms with van der Waals surface area (Å²) in [6.07, 6.45) is 2.92. The van der Waals surface area contributed by atoms with Crippen LogP contribution in [-0.2, 0) is 0 Å². The molecule has 1 fully saturated rings. The maximum absolute atomic E-state index is 13.2. The van der Waals surface area contributed by atoms with Crippen molar-refractivity contribution in [1.82, 2.24) is 10.3 Å². The molecule has 0 radical (unpaired) electrons. The van der Waals surface area contributed by atoms with Crippen LogP contribution in [0.15, 0.2) is 32.3 Å². The first-order valence-electron chi connectivity index (χ1n) is 7.12. The molecule has 2 aromatic rings. The van der Waals surface area contributed by atoms with E-state index in [1.54, 1.807) is 0 Å². The Balaban J connectivity index is 1.71. The first kappa shape index (κ1) is 15.9. The minimum absolute atomic E-state index is 0.0512. The van der Waals surface area contributed by atoms with Gasteiger partial charge in [-0.05, 0) is 63.7 Å². The van der Waals surface area contributed by atoms with Crippen LogP contribution in [0.1, 0.15) is 25.0 Å². The van der Waals surface area contributed by atoms with E-state index in [1.807, 2.05) is 0 Å². The summed E-state index contributed by atoms with van der Waals surface area (Å²) in [4.78, 5) is 4.20. The van der Waals surface area contributed by atoms with Gasteiger partial charge < -0.3 is 16.8 Å². The standard InChI is InChI=1S/C14H16BrFN6O/c15-9-7-8(1-2-10(9)16)20-12(17)11-13(22-23-21-11)19-6-5-14(18)3-4-14/h1-2,7H,3-6,18H2,(H2,17,20)(H,19,22). The molecule has 0 unspecified atom stereocenters. The normalized spacial score (nSPS) is 16.4. The Bertz CT molecular complexity index is 743. The quantitative estimate of drug-likeness (QED) is 0.521. The number of benzene rings is 1. The zero-order chi connectivity index (χ0) is 16.4. The summed E-state index contributed by atoms with van der Waals surface area (Å²) in [6.45, 7) is 0.646. The fourth-order valence-electron chi connectivity index (χ4n) is 2.06. The second-order valence-electron chi connectivity index (χ2n) is 5.60. The van der Waals surface area contributed by atoms with Crippen LogP contribution in [0.5, 0.6) is 0 Å². The van der Waals surface area contributed by atoms with Gasteiger partial charge in [0.15, 0.2) is 11.5 Å². The Morgan fingerprint density at radius 1 is 1.43 bits per heavy atom. The van der Waals surface area contributed by atoms with Crippen molar-refractivity contribution < 1.29 is 9.02 Å². The molecule has 122 valence electrons. The number of nitrogens with one attached hydrogen (secondary N) is 1. The van der Waals surface area contributed by atoms with Crippen molar-refractivity contribution in [3.63, 3.8) is 0 Å². The molecule has 5 N–H and O–H groups in total. The van der Waals surface area contributed by atoms with E-state index in [-0.39, 0.29) is 17.2 Å². The lowest BCUT2D eigenvalue weighted by Gasteiger charge is -2.08. The molecule has 0 atom stereocenters. The zero-order valence-corrected chi connectivity index (χ0v) is 13.8. The van der Waals surface area contributed by atoms with Crippen LogP contribution in [0.25, 0.3) is 0 Å². The molecule has 0 amide bonds. The molecule has 23 heavy (non-hydrogen) atoms. The van der Waals surface area contributed by atoms with Crippen LogP contribution in [-0.4, -0.2) is 28.2 Å². The van der Waals surface area contributed by atoms with Gasteiger partial charge in [-0.25, -0.2) is 14.0 Å². The Morgan fingerprint density at radius 3 is 2.91 bits per heavy atom. The van der Waals surface area contributed by atoms with Gasteiger partial charge in [0, 0.05) is 12.1 Å². The van der Waals surface area contributed by atoms with Crippen molar-refractivity contribution in [1.29, 1.82) is 0 Å². The van der Waals surface area contributed by atoms with E-state index in [9.17, 15) is 4.39 Å². The largest absolute Gasteiger partial charge is 0.382 e. The van der Waals surface area contributed by atoms with E-state index < -0.39 is 0 Å². The van der Waals surface area contributed by atoms with Crippen molar-refractivity contribution in [3.8, 4) is 0 Å². The van der Waals surface area contributed by atoms with Crippen molar-refractivity contribution in [2.75, 3.05) is 11.9 Å². The van der Waals surface area contributed by atoms with Gasteiger partial charge in [0.1, 0.15) is 5.82 Å². The number of halogens is 2. The number of amidine groups is 1. The lowest BCUT2D eigenvalue weighted by atomic mass is 10.2. The summed E-state index contributed by atoms with van der Waals surface area (Å²) >= 11 is 3.10. The molecule has 1 aliphatic carbocycles. The molecule has 0 bridgehead atoms. The van der Waals surface area contributed by atoms with E-state index in [1.165, 1.54) is 18.2 Å². The van der Waals surface area contributed by atoms with Crippen molar-refractivity contribution in [2.45, 2.75) is 24.8 Å². The van der Waals surface area contributed by atoms with E-state index in [4.69, 9.17) is 16.1 Å². The summed E-state index contributed by atoms with van der Waals surface area (Å²) < 4.78 is 18.3. The predicted molar refractivity (Wildman–Crippen MR) is 88.0 cm³/mol. The summed E-state index contributed by atoms with van der Waals surface area (Å²) in [7, 11) is 0. The highest BCUT2D eigenvalue weighted by Gasteiger charge is 2.37. The number of anilines is 1. The zero-order valence-electron chi connectivity index (χ0n) is 12.2. The number of hydrogen-bond donors (Lipinski definition) is 3. The molecule has 0 spiro atoms. The Labute approximate surface area is 140 Å². The number of aromatic nitrogens is 2. The number of nitrogens with two attached hydrogens (primary N) is 2. The van der Waals surface area contributed by atoms with Gasteiger partial charge in [-0.3, -0.25) is 0 Å². The number of hydrogen-bond acceptors (Lipinski definition) is 6. The molecule has 7 nitrogen and oxygen atoms in total. The SMILES string of the molecule is NC(=Nc1ccc(F)c(Br)c1)c1nonc1NCCC1(N)CC1. The fraction of sp³-hybridized carbons (Fsp3) is 0.357. The van der Waals surface area contributed by atoms with Crippen molar-refractivity contribution in [3.05, 3.63) is 34.2 Å². The molecule has 1 aliphatic rings. The van der Waals surface area contributed by atoms with Gasteiger partial charge in [0.2, 0.25) is 5.82 Å². The van der Waals surface area contributed by atoms with Gasteiger partial charge in [0.05, 0.1) is 10.2 Å². The van der Waals surface area contributed by atoms with E-state index in [0.29, 0.717) is 28.2 Å². The Morgan fingerprint density at radius 2 is 2.22 bits per heavy atom. The fourth-order valence-corrected chi connectivity index (χ4v) is 2.43. The molecule has 1 aromatic heterocycles. The first-order chi connectivity index (χ1) is 11.0. The molecule has 1 heterocycles. The smallest absolute Gasteiger partial charge is 0.202 e.